The molecule has 0 aliphatic heterocycles. The topological polar surface area (TPSA) is 96.3 Å². The number of aryl methyl sites for hydroxylation is 1. The second-order valence-electron chi connectivity index (χ2n) is 8.26. The van der Waals surface area contributed by atoms with Gasteiger partial charge in [-0.1, -0.05) is 12.1 Å². The van der Waals surface area contributed by atoms with E-state index < -0.39 is 31.7 Å². The third-order valence-corrected chi connectivity index (χ3v) is 5.53. The predicted molar refractivity (Wildman–Crippen MR) is 135 cm³/mol. The number of fused-ring (bicyclic) bond motifs is 1. The van der Waals surface area contributed by atoms with E-state index in [1.807, 2.05) is 0 Å². The molecular formula is C28H23F4NO7. The van der Waals surface area contributed by atoms with Gasteiger partial charge in [-0.25, -0.2) is 9.18 Å². The molecule has 1 aromatic heterocycles. The van der Waals surface area contributed by atoms with E-state index in [0.29, 0.717) is 28.1 Å². The molecule has 0 atom stereocenters. The summed E-state index contributed by atoms with van der Waals surface area (Å²) in [5.74, 6) is -0.203. The fourth-order valence-corrected chi connectivity index (χ4v) is 3.86. The van der Waals surface area contributed by atoms with E-state index >= 15 is 0 Å². The number of hydrogen-bond donors (Lipinski definition) is 1. The van der Waals surface area contributed by atoms with E-state index in [1.54, 1.807) is 38.1 Å². The smallest absolute Gasteiger partial charge is 0.457 e. The Morgan fingerprint density at radius 2 is 1.57 bits per heavy atom. The number of benzene rings is 3. The van der Waals surface area contributed by atoms with Gasteiger partial charge in [0.2, 0.25) is 6.79 Å². The minimum absolute atomic E-state index is 0.0559. The number of carbonyl (C=O) groups is 1. The van der Waals surface area contributed by atoms with E-state index in [2.05, 4.69) is 9.72 Å². The van der Waals surface area contributed by atoms with Crippen molar-refractivity contribution in [2.75, 3.05) is 13.4 Å². The van der Waals surface area contributed by atoms with Gasteiger partial charge in [-0.2, -0.15) is 0 Å². The average Bonchev–Trinajstić information content (AvgIpc) is 2.90. The lowest BCUT2D eigenvalue weighted by atomic mass is 9.99. The highest BCUT2D eigenvalue weighted by molar-refractivity contribution is 5.94. The number of carbonyl (C=O) groups excluding carboxylic acids is 1. The zero-order valence-electron chi connectivity index (χ0n) is 21.3. The maximum absolute atomic E-state index is 14.6. The van der Waals surface area contributed by atoms with Gasteiger partial charge in [-0.05, 0) is 67.9 Å². The summed E-state index contributed by atoms with van der Waals surface area (Å²) in [7, 11) is 0. The van der Waals surface area contributed by atoms with Crippen LogP contribution in [0.5, 0.6) is 23.0 Å². The second-order valence-corrected chi connectivity index (χ2v) is 8.26. The molecule has 12 heteroatoms. The molecule has 8 nitrogen and oxygen atoms in total. The Hall–Kier alpha value is -4.58. The summed E-state index contributed by atoms with van der Waals surface area (Å²) >= 11 is 0. The van der Waals surface area contributed by atoms with E-state index in [-0.39, 0.29) is 34.8 Å². The molecule has 3 aromatic carbocycles. The Balaban J connectivity index is 1.64. The first-order chi connectivity index (χ1) is 19.1. The molecule has 0 fully saturated rings. The number of ether oxygens (including phenoxy) is 5. The maximum atomic E-state index is 14.6. The summed E-state index contributed by atoms with van der Waals surface area (Å²) in [4.78, 5) is 16.2. The van der Waals surface area contributed by atoms with Gasteiger partial charge < -0.3 is 28.8 Å². The van der Waals surface area contributed by atoms with E-state index in [9.17, 15) is 27.5 Å². The highest BCUT2D eigenvalue weighted by Crippen LogP contribution is 2.40. The van der Waals surface area contributed by atoms with Crippen LogP contribution in [-0.4, -0.2) is 36.0 Å². The molecule has 0 saturated carbocycles. The number of aromatic nitrogens is 1. The van der Waals surface area contributed by atoms with Crippen LogP contribution in [0.3, 0.4) is 0 Å². The summed E-state index contributed by atoms with van der Waals surface area (Å²) in [6, 6.07) is 14.1. The lowest BCUT2D eigenvalue weighted by Gasteiger charge is -2.17. The Morgan fingerprint density at radius 1 is 0.950 bits per heavy atom. The molecule has 0 aliphatic rings. The average molecular weight is 561 g/mol. The van der Waals surface area contributed by atoms with Crippen LogP contribution in [0.4, 0.5) is 22.4 Å². The van der Waals surface area contributed by atoms with Crippen LogP contribution in [0.15, 0.2) is 60.7 Å². The second kappa shape index (κ2) is 12.1. The zero-order valence-corrected chi connectivity index (χ0v) is 21.3. The van der Waals surface area contributed by atoms with E-state index in [4.69, 9.17) is 18.9 Å². The van der Waals surface area contributed by atoms with Crippen molar-refractivity contribution in [2.45, 2.75) is 26.8 Å². The van der Waals surface area contributed by atoms with Crippen molar-refractivity contribution < 1.29 is 51.1 Å². The van der Waals surface area contributed by atoms with Gasteiger partial charge in [-0.15, -0.1) is 13.2 Å². The van der Waals surface area contributed by atoms with Crippen LogP contribution in [0.1, 0.15) is 18.2 Å². The molecule has 4 rings (SSSR count). The Kier molecular flexibility index (Phi) is 8.58. The third-order valence-electron chi connectivity index (χ3n) is 5.53. The summed E-state index contributed by atoms with van der Waals surface area (Å²) in [5.41, 5.74) is 2.00. The Labute approximate surface area is 225 Å². The molecule has 40 heavy (non-hydrogen) atoms. The van der Waals surface area contributed by atoms with Crippen molar-refractivity contribution in [3.63, 3.8) is 0 Å². The summed E-state index contributed by atoms with van der Waals surface area (Å²) in [6.07, 6.45) is -5.73. The fourth-order valence-electron chi connectivity index (χ4n) is 3.86. The molecule has 1 N–H and O–H groups in total. The van der Waals surface area contributed by atoms with Crippen molar-refractivity contribution >= 4 is 17.1 Å². The largest absolute Gasteiger partial charge is 0.573 e. The first-order valence-corrected chi connectivity index (χ1v) is 11.9. The van der Waals surface area contributed by atoms with Gasteiger partial charge in [0, 0.05) is 22.2 Å². The maximum Gasteiger partial charge on any atom is 0.573 e. The molecule has 0 unspecified atom stereocenters. The number of hydrogen-bond acceptors (Lipinski definition) is 8. The lowest BCUT2D eigenvalue weighted by Crippen LogP contribution is -2.16. The molecule has 4 aromatic rings. The predicted octanol–water partition coefficient (Wildman–Crippen LogP) is 7.04. The van der Waals surface area contributed by atoms with Gasteiger partial charge >= 0.3 is 12.5 Å². The van der Waals surface area contributed by atoms with E-state index in [0.717, 1.165) is 12.1 Å². The van der Waals surface area contributed by atoms with Crippen LogP contribution in [-0.2, 0) is 16.1 Å². The molecule has 1 heterocycles. The number of halogens is 4. The van der Waals surface area contributed by atoms with Crippen molar-refractivity contribution in [3.05, 3.63) is 77.7 Å². The van der Waals surface area contributed by atoms with E-state index in [1.165, 1.54) is 24.3 Å². The fraction of sp³-hybridized carbons (Fsp3) is 0.214. The molecule has 0 aliphatic carbocycles. The van der Waals surface area contributed by atoms with Crippen LogP contribution >= 0.6 is 0 Å². The number of aliphatic hydroxyl groups is 1. The third kappa shape index (κ3) is 6.89. The van der Waals surface area contributed by atoms with Crippen LogP contribution in [0, 0.1) is 12.7 Å². The number of nitrogens with zero attached hydrogens (tertiary/aromatic N) is 1. The molecule has 0 radical (unpaired) electrons. The standard InChI is InChI=1S/C28H23F4NO7/c1-3-36-27(35)38-15-37-26-22-13-23(29)18(14-34)12-24(22)33-16(2)25(26)17-4-6-19(7-5-17)39-20-8-10-21(11-9-20)40-28(30,31)32/h4-13,34H,3,14-15H2,1-2H3. The number of aliphatic hydroxyl groups excluding tert-OH is 1. The highest BCUT2D eigenvalue weighted by atomic mass is 19.4. The highest BCUT2D eigenvalue weighted by Gasteiger charge is 2.31. The normalized spacial score (nSPS) is 11.3. The summed E-state index contributed by atoms with van der Waals surface area (Å²) < 4.78 is 76.8. The van der Waals surface area contributed by atoms with Gasteiger partial charge in [-0.3, -0.25) is 4.98 Å². The molecule has 0 spiro atoms. The molecule has 0 amide bonds. The van der Waals surface area contributed by atoms with Crippen LogP contribution in [0.25, 0.3) is 22.0 Å². The SMILES string of the molecule is CCOC(=O)OCOc1c(-c2ccc(Oc3ccc(OC(F)(F)F)cc3)cc2)c(C)nc2cc(CO)c(F)cc12. The Morgan fingerprint density at radius 3 is 2.17 bits per heavy atom. The van der Waals surface area contributed by atoms with Gasteiger partial charge in [0.05, 0.1) is 18.7 Å². The Bertz CT molecular complexity index is 1490. The number of alkyl halides is 3. The van der Waals surface area contributed by atoms with Crippen molar-refractivity contribution in [2.24, 2.45) is 0 Å². The summed E-state index contributed by atoms with van der Waals surface area (Å²) in [5, 5.41) is 9.74. The molecule has 0 bridgehead atoms. The molecular weight excluding hydrogens is 538 g/mol. The quantitative estimate of drug-likeness (QED) is 0.132. The lowest BCUT2D eigenvalue weighted by molar-refractivity contribution is -0.274. The summed E-state index contributed by atoms with van der Waals surface area (Å²) in [6.45, 7) is 2.39. The first-order valence-electron chi connectivity index (χ1n) is 11.9. The van der Waals surface area contributed by atoms with Gasteiger partial charge in [0.15, 0.2) is 0 Å². The van der Waals surface area contributed by atoms with Crippen molar-refractivity contribution in [1.29, 1.82) is 0 Å². The minimum Gasteiger partial charge on any atom is -0.457 e. The van der Waals surface area contributed by atoms with Gasteiger partial charge in [0.1, 0.15) is 28.8 Å². The molecule has 210 valence electrons. The molecule has 0 saturated heterocycles. The van der Waals surface area contributed by atoms with Crippen LogP contribution < -0.4 is 14.2 Å². The van der Waals surface area contributed by atoms with Crippen molar-refractivity contribution in [1.82, 2.24) is 4.98 Å². The number of pyridine rings is 1. The van der Waals surface area contributed by atoms with Crippen LogP contribution in [0.2, 0.25) is 0 Å². The zero-order chi connectivity index (χ0) is 28.9. The monoisotopic (exact) mass is 561 g/mol. The van der Waals surface area contributed by atoms with Gasteiger partial charge in [0.25, 0.3) is 0 Å². The first kappa shape index (κ1) is 28.4. The number of rotatable bonds is 9. The minimum atomic E-state index is -4.80. The van der Waals surface area contributed by atoms with Crippen molar-refractivity contribution in [3.8, 4) is 34.1 Å².